The highest BCUT2D eigenvalue weighted by atomic mass is 19.1. The van der Waals surface area contributed by atoms with Crippen molar-refractivity contribution in [2.24, 2.45) is 0 Å². The van der Waals surface area contributed by atoms with Gasteiger partial charge in [0.1, 0.15) is 35.1 Å². The Bertz CT molecular complexity index is 1330. The average Bonchev–Trinajstić information content (AvgIpc) is 2.81. The number of nitrogens with zero attached hydrogens (tertiary/aromatic N) is 2. The third-order valence-corrected chi connectivity index (χ3v) is 5.19. The summed E-state index contributed by atoms with van der Waals surface area (Å²) in [5.74, 6) is -1.50. The maximum atomic E-state index is 14.8. The second-order valence-electron chi connectivity index (χ2n) is 7.29. The zero-order valence-corrected chi connectivity index (χ0v) is 17.8. The third kappa shape index (κ3) is 4.74. The number of carboxylic acid groups (broad SMARTS) is 1. The van der Waals surface area contributed by atoms with Gasteiger partial charge >= 0.3 is 5.97 Å². The van der Waals surface area contributed by atoms with Crippen molar-refractivity contribution in [2.45, 2.75) is 13.3 Å². The molecule has 0 fully saturated rings. The number of aromatic nitrogens is 2. The van der Waals surface area contributed by atoms with Crippen LogP contribution in [0.2, 0.25) is 0 Å². The molecule has 4 aromatic rings. The van der Waals surface area contributed by atoms with E-state index in [4.69, 9.17) is 4.74 Å². The van der Waals surface area contributed by atoms with Gasteiger partial charge in [0.2, 0.25) is 0 Å². The monoisotopic (exact) mass is 449 g/mol. The Hall–Kier alpha value is -4.07. The molecule has 1 heterocycles. The van der Waals surface area contributed by atoms with E-state index in [1.54, 1.807) is 49.4 Å². The van der Waals surface area contributed by atoms with Crippen LogP contribution in [0, 0.1) is 11.6 Å². The van der Waals surface area contributed by atoms with E-state index >= 15 is 0 Å². The summed E-state index contributed by atoms with van der Waals surface area (Å²) in [5.41, 5.74) is 1.28. The van der Waals surface area contributed by atoms with Crippen LogP contribution in [0.1, 0.15) is 22.8 Å². The summed E-state index contributed by atoms with van der Waals surface area (Å²) in [5, 5.41) is 13.3. The molecule has 4 rings (SSSR count). The quantitative estimate of drug-likeness (QED) is 0.378. The summed E-state index contributed by atoms with van der Waals surface area (Å²) < 4.78 is 34.7. The van der Waals surface area contributed by atoms with Crippen LogP contribution >= 0.6 is 0 Å². The number of hydrogen-bond acceptors (Lipinski definition) is 5. The van der Waals surface area contributed by atoms with Crippen molar-refractivity contribution < 1.29 is 23.4 Å². The van der Waals surface area contributed by atoms with Gasteiger partial charge in [-0.1, -0.05) is 30.3 Å². The summed E-state index contributed by atoms with van der Waals surface area (Å²) in [4.78, 5) is 19.8. The van der Waals surface area contributed by atoms with Gasteiger partial charge in [0, 0.05) is 29.1 Å². The van der Waals surface area contributed by atoms with E-state index in [1.165, 1.54) is 18.5 Å². The molecule has 3 aromatic carbocycles. The van der Waals surface area contributed by atoms with E-state index in [1.807, 2.05) is 0 Å². The molecular formula is C25H21F2N3O3. The molecule has 0 saturated carbocycles. The van der Waals surface area contributed by atoms with Gasteiger partial charge in [-0.25, -0.2) is 23.5 Å². The lowest BCUT2D eigenvalue weighted by Gasteiger charge is -2.11. The predicted molar refractivity (Wildman–Crippen MR) is 122 cm³/mol. The van der Waals surface area contributed by atoms with E-state index in [2.05, 4.69) is 15.3 Å². The number of nitrogens with one attached hydrogen (secondary N) is 1. The van der Waals surface area contributed by atoms with Crippen LogP contribution in [0.5, 0.6) is 5.75 Å². The topological polar surface area (TPSA) is 84.3 Å². The zero-order chi connectivity index (χ0) is 23.4. The average molecular weight is 449 g/mol. The largest absolute Gasteiger partial charge is 0.493 e. The van der Waals surface area contributed by atoms with Crippen LogP contribution in [0.4, 0.5) is 14.6 Å². The van der Waals surface area contributed by atoms with Crippen molar-refractivity contribution in [1.29, 1.82) is 0 Å². The number of carbonyl (C=O) groups is 1. The second-order valence-corrected chi connectivity index (χ2v) is 7.29. The standard InChI is InChI=1S/C25H21F2N3O3/c1-2-33-22-12-16(7-8-19(22)25(31)32)21-13-23(30-14-29-21)28-10-9-18-20(26)11-15-5-3-4-6-17(15)24(18)27/h3-8,11-14H,2,9-10H2,1H3,(H,31,32)(H,28,29,30). The van der Waals surface area contributed by atoms with Crippen molar-refractivity contribution >= 4 is 22.6 Å². The number of hydrogen-bond donors (Lipinski definition) is 2. The maximum absolute atomic E-state index is 14.8. The Balaban J connectivity index is 1.51. The Kier molecular flexibility index (Phi) is 6.44. The second kappa shape index (κ2) is 9.60. The first-order valence-corrected chi connectivity index (χ1v) is 10.4. The van der Waals surface area contributed by atoms with Crippen LogP contribution in [0.15, 0.2) is 60.9 Å². The molecule has 0 saturated heterocycles. The van der Waals surface area contributed by atoms with Gasteiger partial charge in [-0.15, -0.1) is 0 Å². The van der Waals surface area contributed by atoms with Gasteiger partial charge < -0.3 is 15.2 Å². The predicted octanol–water partition coefficient (Wildman–Crippen LogP) is 5.33. The fourth-order valence-electron chi connectivity index (χ4n) is 3.60. The lowest BCUT2D eigenvalue weighted by molar-refractivity contribution is 0.0692. The molecule has 0 aliphatic carbocycles. The van der Waals surface area contributed by atoms with Crippen molar-refractivity contribution in [2.75, 3.05) is 18.5 Å². The van der Waals surface area contributed by atoms with Crippen LogP contribution < -0.4 is 10.1 Å². The highest BCUT2D eigenvalue weighted by Gasteiger charge is 2.15. The number of aromatic carboxylic acids is 1. The minimum absolute atomic E-state index is 0.0149. The molecule has 0 amide bonds. The smallest absolute Gasteiger partial charge is 0.339 e. The number of ether oxygens (including phenoxy) is 1. The minimum Gasteiger partial charge on any atom is -0.493 e. The Morgan fingerprint density at radius 1 is 1.09 bits per heavy atom. The first kappa shape index (κ1) is 22.1. The molecule has 168 valence electrons. The number of fused-ring (bicyclic) bond motifs is 1. The SMILES string of the molecule is CCOc1cc(-c2cc(NCCc3c(F)cc4ccccc4c3F)ncn2)ccc1C(=O)O. The van der Waals surface area contributed by atoms with Crippen molar-refractivity contribution in [1.82, 2.24) is 9.97 Å². The summed E-state index contributed by atoms with van der Waals surface area (Å²) >= 11 is 0. The molecule has 33 heavy (non-hydrogen) atoms. The van der Waals surface area contributed by atoms with Crippen molar-refractivity contribution in [3.05, 3.63) is 83.7 Å². The molecule has 8 heteroatoms. The van der Waals surface area contributed by atoms with E-state index in [0.29, 0.717) is 34.5 Å². The van der Waals surface area contributed by atoms with Gasteiger partial charge in [0.15, 0.2) is 0 Å². The van der Waals surface area contributed by atoms with E-state index in [-0.39, 0.29) is 29.8 Å². The van der Waals surface area contributed by atoms with E-state index in [9.17, 15) is 18.7 Å². The normalized spacial score (nSPS) is 10.9. The number of rotatable bonds is 8. The van der Waals surface area contributed by atoms with Gasteiger partial charge in [-0.3, -0.25) is 0 Å². The summed E-state index contributed by atoms with van der Waals surface area (Å²) in [6.45, 7) is 2.35. The highest BCUT2D eigenvalue weighted by Crippen LogP contribution is 2.28. The molecular weight excluding hydrogens is 428 g/mol. The first-order valence-electron chi connectivity index (χ1n) is 10.4. The lowest BCUT2D eigenvalue weighted by atomic mass is 10.0. The maximum Gasteiger partial charge on any atom is 0.339 e. The third-order valence-electron chi connectivity index (χ3n) is 5.19. The van der Waals surface area contributed by atoms with Gasteiger partial charge in [0.25, 0.3) is 0 Å². The molecule has 2 N–H and O–H groups in total. The van der Waals surface area contributed by atoms with Gasteiger partial charge in [0.05, 0.1) is 12.3 Å². The molecule has 0 unspecified atom stereocenters. The molecule has 0 atom stereocenters. The molecule has 6 nitrogen and oxygen atoms in total. The number of halogens is 2. The number of carboxylic acids is 1. The zero-order valence-electron chi connectivity index (χ0n) is 17.8. The molecule has 1 aromatic heterocycles. The molecule has 0 aliphatic heterocycles. The van der Waals surface area contributed by atoms with Crippen molar-refractivity contribution in [3.63, 3.8) is 0 Å². The van der Waals surface area contributed by atoms with E-state index in [0.717, 1.165) is 0 Å². The van der Waals surface area contributed by atoms with Gasteiger partial charge in [-0.2, -0.15) is 0 Å². The van der Waals surface area contributed by atoms with Gasteiger partial charge in [-0.05, 0) is 36.9 Å². The van der Waals surface area contributed by atoms with Crippen LogP contribution in [0.3, 0.4) is 0 Å². The highest BCUT2D eigenvalue weighted by molar-refractivity contribution is 5.92. The molecule has 0 aliphatic rings. The first-order chi connectivity index (χ1) is 16.0. The van der Waals surface area contributed by atoms with Crippen molar-refractivity contribution in [3.8, 4) is 17.0 Å². The van der Waals surface area contributed by atoms with Crippen LogP contribution in [-0.2, 0) is 6.42 Å². The number of anilines is 1. The fourth-order valence-corrected chi connectivity index (χ4v) is 3.60. The Morgan fingerprint density at radius 3 is 2.70 bits per heavy atom. The summed E-state index contributed by atoms with van der Waals surface area (Å²) in [7, 11) is 0. The fraction of sp³-hybridized carbons (Fsp3) is 0.160. The Labute approximate surface area is 188 Å². The summed E-state index contributed by atoms with van der Waals surface area (Å²) in [6.07, 6.45) is 1.49. The summed E-state index contributed by atoms with van der Waals surface area (Å²) in [6, 6.07) is 14.5. The van der Waals surface area contributed by atoms with E-state index < -0.39 is 17.6 Å². The molecule has 0 bridgehead atoms. The lowest BCUT2D eigenvalue weighted by Crippen LogP contribution is -2.09. The molecule has 0 radical (unpaired) electrons. The van der Waals surface area contributed by atoms with Crippen LogP contribution in [-0.4, -0.2) is 34.2 Å². The number of benzene rings is 3. The molecule has 0 spiro atoms. The Morgan fingerprint density at radius 2 is 1.91 bits per heavy atom. The minimum atomic E-state index is -1.08. The van der Waals surface area contributed by atoms with Crippen LogP contribution in [0.25, 0.3) is 22.0 Å².